The van der Waals surface area contributed by atoms with Gasteiger partial charge < -0.3 is 19.0 Å². The van der Waals surface area contributed by atoms with Crippen molar-refractivity contribution < 1.29 is 19.0 Å². The number of methoxy groups -OCH3 is 1. The van der Waals surface area contributed by atoms with E-state index < -0.39 is 0 Å². The van der Waals surface area contributed by atoms with Crippen molar-refractivity contribution >= 4 is 6.29 Å². The highest BCUT2D eigenvalue weighted by Gasteiger charge is 2.18. The lowest BCUT2D eigenvalue weighted by Crippen LogP contribution is -2.29. The van der Waals surface area contributed by atoms with Gasteiger partial charge in [0.25, 0.3) is 0 Å². The lowest BCUT2D eigenvalue weighted by Gasteiger charge is -2.23. The summed E-state index contributed by atoms with van der Waals surface area (Å²) in [6.45, 7) is 2.87. The van der Waals surface area contributed by atoms with E-state index in [1.54, 1.807) is 7.11 Å². The first-order valence-corrected chi connectivity index (χ1v) is 8.06. The molecule has 2 aromatic carbocycles. The van der Waals surface area contributed by atoms with Crippen LogP contribution in [0.2, 0.25) is 0 Å². The third-order valence-corrected chi connectivity index (χ3v) is 3.83. The number of benzene rings is 2. The predicted molar refractivity (Wildman–Crippen MR) is 92.9 cm³/mol. The maximum Gasteiger partial charge on any atom is 0.122 e. The molecule has 4 heteroatoms. The number of carbonyl (C=O) groups excluding carboxylic acids is 1. The predicted octanol–water partition coefficient (Wildman–Crippen LogP) is 3.77. The Bertz CT molecular complexity index is 595. The first-order chi connectivity index (χ1) is 11.7. The largest absolute Gasteiger partial charge is 0.497 e. The third kappa shape index (κ3) is 5.80. The molecule has 0 aromatic heterocycles. The average molecular weight is 328 g/mol. The Hall–Kier alpha value is -2.17. The van der Waals surface area contributed by atoms with Crippen LogP contribution in [0.3, 0.4) is 0 Å². The molecule has 128 valence electrons. The summed E-state index contributed by atoms with van der Waals surface area (Å²) in [5.41, 5.74) is 2.13. The Morgan fingerprint density at radius 3 is 2.17 bits per heavy atom. The van der Waals surface area contributed by atoms with Crippen LogP contribution in [-0.2, 0) is 27.5 Å². The molecule has 2 rings (SSSR count). The van der Waals surface area contributed by atoms with Gasteiger partial charge >= 0.3 is 0 Å². The highest BCUT2D eigenvalue weighted by atomic mass is 16.5. The molecule has 0 radical (unpaired) electrons. The minimum Gasteiger partial charge on any atom is -0.497 e. The van der Waals surface area contributed by atoms with E-state index in [0.29, 0.717) is 19.6 Å². The van der Waals surface area contributed by atoms with Crippen LogP contribution < -0.4 is 4.74 Å². The summed E-state index contributed by atoms with van der Waals surface area (Å²) in [5, 5.41) is 0. The van der Waals surface area contributed by atoms with Crippen molar-refractivity contribution in [2.45, 2.75) is 38.8 Å². The molecule has 0 aliphatic rings. The first kappa shape index (κ1) is 18.2. The molecule has 0 aliphatic carbocycles. The van der Waals surface area contributed by atoms with Gasteiger partial charge in [0.05, 0.1) is 32.5 Å². The molecule has 0 saturated heterocycles. The first-order valence-electron chi connectivity index (χ1n) is 8.06. The van der Waals surface area contributed by atoms with Gasteiger partial charge in [-0.3, -0.25) is 0 Å². The standard InChI is InChI=1S/C20H24O4/c1-16(23-14-17-6-4-3-5-7-17)20(12-13-21)24-15-18-8-10-19(22-2)11-9-18/h3-11,13,16,20H,12,14-15H2,1-2H3. The lowest BCUT2D eigenvalue weighted by molar-refractivity contribution is -0.117. The number of hydrogen-bond acceptors (Lipinski definition) is 4. The fourth-order valence-electron chi connectivity index (χ4n) is 2.32. The second kappa shape index (κ2) is 9.85. The van der Waals surface area contributed by atoms with Crippen molar-refractivity contribution in [3.63, 3.8) is 0 Å². The molecule has 0 amide bonds. The monoisotopic (exact) mass is 328 g/mol. The van der Waals surface area contributed by atoms with Gasteiger partial charge in [0, 0.05) is 6.42 Å². The summed E-state index contributed by atoms with van der Waals surface area (Å²) in [6, 6.07) is 17.6. The molecule has 0 saturated carbocycles. The van der Waals surface area contributed by atoms with Crippen molar-refractivity contribution in [2.75, 3.05) is 7.11 Å². The molecule has 0 heterocycles. The van der Waals surface area contributed by atoms with E-state index in [4.69, 9.17) is 14.2 Å². The number of aldehydes is 1. The summed E-state index contributed by atoms with van der Waals surface area (Å²) < 4.78 is 16.9. The minimum absolute atomic E-state index is 0.173. The van der Waals surface area contributed by atoms with Gasteiger partial charge in [-0.15, -0.1) is 0 Å². The van der Waals surface area contributed by atoms with E-state index >= 15 is 0 Å². The van der Waals surface area contributed by atoms with Crippen LogP contribution in [0, 0.1) is 0 Å². The molecule has 0 N–H and O–H groups in total. The fraction of sp³-hybridized carbons (Fsp3) is 0.350. The number of carbonyl (C=O) groups is 1. The van der Waals surface area contributed by atoms with Crippen molar-refractivity contribution in [3.05, 3.63) is 65.7 Å². The van der Waals surface area contributed by atoms with E-state index in [2.05, 4.69) is 0 Å². The highest BCUT2D eigenvalue weighted by molar-refractivity contribution is 5.50. The van der Waals surface area contributed by atoms with Crippen LogP contribution >= 0.6 is 0 Å². The SMILES string of the molecule is COc1ccc(COC(CC=O)C(C)OCc2ccccc2)cc1. The molecular formula is C20H24O4. The zero-order valence-corrected chi connectivity index (χ0v) is 14.2. The molecule has 4 nitrogen and oxygen atoms in total. The Morgan fingerprint density at radius 1 is 0.917 bits per heavy atom. The Labute approximate surface area is 143 Å². The maximum atomic E-state index is 10.9. The number of hydrogen-bond donors (Lipinski definition) is 0. The van der Waals surface area contributed by atoms with Gasteiger partial charge in [-0.05, 0) is 30.2 Å². The third-order valence-electron chi connectivity index (χ3n) is 3.83. The number of rotatable bonds is 10. The smallest absolute Gasteiger partial charge is 0.122 e. The van der Waals surface area contributed by atoms with E-state index in [-0.39, 0.29) is 12.2 Å². The Balaban J connectivity index is 1.86. The van der Waals surface area contributed by atoms with Crippen LogP contribution in [0.5, 0.6) is 5.75 Å². The Morgan fingerprint density at radius 2 is 1.54 bits per heavy atom. The molecule has 0 fully saturated rings. The van der Waals surface area contributed by atoms with Gasteiger partial charge in [-0.2, -0.15) is 0 Å². The van der Waals surface area contributed by atoms with Crippen LogP contribution in [0.25, 0.3) is 0 Å². The zero-order chi connectivity index (χ0) is 17.2. The topological polar surface area (TPSA) is 44.8 Å². The molecule has 24 heavy (non-hydrogen) atoms. The Kier molecular flexibility index (Phi) is 7.46. The molecule has 0 aliphatic heterocycles. The summed E-state index contributed by atoms with van der Waals surface area (Å²) in [5.74, 6) is 0.808. The second-order valence-corrected chi connectivity index (χ2v) is 5.60. The summed E-state index contributed by atoms with van der Waals surface area (Å²) in [4.78, 5) is 10.9. The van der Waals surface area contributed by atoms with E-state index in [9.17, 15) is 4.79 Å². The highest BCUT2D eigenvalue weighted by Crippen LogP contribution is 2.16. The molecule has 2 aromatic rings. The lowest BCUT2D eigenvalue weighted by atomic mass is 10.1. The van der Waals surface area contributed by atoms with Crippen LogP contribution in [0.15, 0.2) is 54.6 Å². The average Bonchev–Trinajstić information content (AvgIpc) is 2.64. The molecule has 2 atom stereocenters. The van der Waals surface area contributed by atoms with E-state index in [0.717, 1.165) is 23.2 Å². The molecule has 2 unspecified atom stereocenters. The maximum absolute atomic E-state index is 10.9. The summed E-state index contributed by atoms with van der Waals surface area (Å²) in [7, 11) is 1.64. The quantitative estimate of drug-likeness (QED) is 0.623. The van der Waals surface area contributed by atoms with Crippen LogP contribution in [-0.4, -0.2) is 25.6 Å². The van der Waals surface area contributed by atoms with Gasteiger partial charge in [-0.25, -0.2) is 0 Å². The second-order valence-electron chi connectivity index (χ2n) is 5.60. The summed E-state index contributed by atoms with van der Waals surface area (Å²) >= 11 is 0. The van der Waals surface area contributed by atoms with E-state index in [1.165, 1.54) is 0 Å². The van der Waals surface area contributed by atoms with Crippen molar-refractivity contribution in [2.24, 2.45) is 0 Å². The van der Waals surface area contributed by atoms with E-state index in [1.807, 2.05) is 61.5 Å². The summed E-state index contributed by atoms with van der Waals surface area (Å²) in [6.07, 6.45) is 0.745. The zero-order valence-electron chi connectivity index (χ0n) is 14.2. The van der Waals surface area contributed by atoms with Crippen molar-refractivity contribution in [1.82, 2.24) is 0 Å². The molecule has 0 bridgehead atoms. The van der Waals surface area contributed by atoms with Gasteiger partial charge in [-0.1, -0.05) is 42.5 Å². The minimum atomic E-state index is -0.270. The number of ether oxygens (including phenoxy) is 3. The van der Waals surface area contributed by atoms with Crippen LogP contribution in [0.4, 0.5) is 0 Å². The normalized spacial score (nSPS) is 13.2. The molecular weight excluding hydrogens is 304 g/mol. The van der Waals surface area contributed by atoms with Crippen molar-refractivity contribution in [1.29, 1.82) is 0 Å². The van der Waals surface area contributed by atoms with Gasteiger partial charge in [0.1, 0.15) is 12.0 Å². The van der Waals surface area contributed by atoms with Gasteiger partial charge in [0.2, 0.25) is 0 Å². The van der Waals surface area contributed by atoms with Crippen LogP contribution in [0.1, 0.15) is 24.5 Å². The van der Waals surface area contributed by atoms with Crippen molar-refractivity contribution in [3.8, 4) is 5.75 Å². The van der Waals surface area contributed by atoms with Gasteiger partial charge in [0.15, 0.2) is 0 Å². The molecule has 0 spiro atoms. The fourth-order valence-corrected chi connectivity index (χ4v) is 2.32.